The van der Waals surface area contributed by atoms with E-state index in [1.807, 2.05) is 49.4 Å². The Bertz CT molecular complexity index is 953. The van der Waals surface area contributed by atoms with Crippen LogP contribution >= 0.6 is 0 Å². The van der Waals surface area contributed by atoms with Gasteiger partial charge in [-0.2, -0.15) is 0 Å². The van der Waals surface area contributed by atoms with Crippen molar-refractivity contribution < 1.29 is 9.59 Å². The quantitative estimate of drug-likeness (QED) is 0.577. The molecular formula is C24H27N3O2. The van der Waals surface area contributed by atoms with E-state index < -0.39 is 5.92 Å². The van der Waals surface area contributed by atoms with Gasteiger partial charge in [0.05, 0.1) is 18.2 Å². The molecule has 1 saturated heterocycles. The highest BCUT2D eigenvalue weighted by atomic mass is 16.2. The summed E-state index contributed by atoms with van der Waals surface area (Å²) >= 11 is 0. The number of carbonyl (C=O) groups excluding carboxylic acids is 2. The maximum absolute atomic E-state index is 13.4. The SMILES string of the molecule is CCN1CCC[C@@H]1CN=CC1C(=O)N(c2cccc(C)c2)C(=O)c2ccccc21. The topological polar surface area (TPSA) is 53.0 Å². The molecule has 0 radical (unpaired) electrons. The number of aryl methyl sites for hydroxylation is 1. The largest absolute Gasteiger partial charge is 0.299 e. The van der Waals surface area contributed by atoms with Gasteiger partial charge >= 0.3 is 0 Å². The monoisotopic (exact) mass is 389 g/mol. The van der Waals surface area contributed by atoms with E-state index in [1.54, 1.807) is 12.3 Å². The molecule has 0 aromatic heterocycles. The van der Waals surface area contributed by atoms with Crippen molar-refractivity contribution in [1.82, 2.24) is 4.90 Å². The summed E-state index contributed by atoms with van der Waals surface area (Å²) in [5.41, 5.74) is 2.93. The molecule has 2 amide bonds. The summed E-state index contributed by atoms with van der Waals surface area (Å²) in [6, 6.07) is 15.3. The van der Waals surface area contributed by atoms with Crippen LogP contribution in [-0.2, 0) is 4.79 Å². The van der Waals surface area contributed by atoms with Crippen molar-refractivity contribution in [2.45, 2.75) is 38.6 Å². The van der Waals surface area contributed by atoms with Gasteiger partial charge in [-0.05, 0) is 62.2 Å². The van der Waals surface area contributed by atoms with E-state index in [2.05, 4.69) is 16.8 Å². The molecule has 1 fully saturated rings. The second kappa shape index (κ2) is 8.29. The number of nitrogens with zero attached hydrogens (tertiary/aromatic N) is 3. The highest BCUT2D eigenvalue weighted by Gasteiger charge is 2.38. The lowest BCUT2D eigenvalue weighted by atomic mass is 9.88. The summed E-state index contributed by atoms with van der Waals surface area (Å²) in [6.45, 7) is 6.97. The lowest BCUT2D eigenvalue weighted by Crippen LogP contribution is -2.45. The van der Waals surface area contributed by atoms with E-state index in [4.69, 9.17) is 0 Å². The summed E-state index contributed by atoms with van der Waals surface area (Å²) in [6.07, 6.45) is 4.10. The van der Waals surface area contributed by atoms with Gasteiger partial charge in [-0.15, -0.1) is 0 Å². The van der Waals surface area contributed by atoms with E-state index in [9.17, 15) is 9.59 Å². The number of likely N-dealkylation sites (tertiary alicyclic amines) is 1. The van der Waals surface area contributed by atoms with Crippen LogP contribution in [0.2, 0.25) is 0 Å². The Labute approximate surface area is 172 Å². The van der Waals surface area contributed by atoms with Crippen molar-refractivity contribution >= 4 is 23.7 Å². The standard InChI is InChI=1S/C24H27N3O2/c1-3-26-13-7-10-19(26)15-25-16-22-20-11-4-5-12-21(20)23(28)27(24(22)29)18-9-6-8-17(2)14-18/h4-6,8-9,11-12,14,16,19,22H,3,7,10,13,15H2,1-2H3/t19-,22?/m1/s1. The van der Waals surface area contributed by atoms with Crippen LogP contribution in [0.1, 0.15) is 47.2 Å². The summed E-state index contributed by atoms with van der Waals surface area (Å²) < 4.78 is 0. The zero-order chi connectivity index (χ0) is 20.4. The predicted octanol–water partition coefficient (Wildman–Crippen LogP) is 3.82. The molecule has 0 saturated carbocycles. The van der Waals surface area contributed by atoms with Gasteiger partial charge in [-0.1, -0.05) is 37.3 Å². The molecule has 2 aromatic rings. The number of rotatable bonds is 5. The van der Waals surface area contributed by atoms with Crippen molar-refractivity contribution in [2.75, 3.05) is 24.5 Å². The summed E-state index contributed by atoms with van der Waals surface area (Å²) in [4.78, 5) is 34.9. The fraction of sp³-hybridized carbons (Fsp3) is 0.375. The van der Waals surface area contributed by atoms with Gasteiger partial charge in [0.15, 0.2) is 0 Å². The third-order valence-corrected chi connectivity index (χ3v) is 5.95. The summed E-state index contributed by atoms with van der Waals surface area (Å²) in [7, 11) is 0. The first kappa shape index (κ1) is 19.5. The van der Waals surface area contributed by atoms with Gasteiger partial charge in [0, 0.05) is 17.8 Å². The number of amides is 2. The first-order valence-electron chi connectivity index (χ1n) is 10.4. The van der Waals surface area contributed by atoms with Crippen LogP contribution in [0.25, 0.3) is 0 Å². The number of aliphatic imine (C=N–C) groups is 1. The molecule has 2 atom stereocenters. The smallest absolute Gasteiger partial charge is 0.265 e. The van der Waals surface area contributed by atoms with Gasteiger partial charge in [-0.25, -0.2) is 4.90 Å². The Morgan fingerprint density at radius 2 is 1.97 bits per heavy atom. The normalized spacial score (nSPS) is 22.5. The first-order valence-corrected chi connectivity index (χ1v) is 10.4. The number of likely N-dealkylation sites (N-methyl/N-ethyl adjacent to an activating group) is 1. The molecule has 5 heteroatoms. The van der Waals surface area contributed by atoms with Crippen LogP contribution in [0.5, 0.6) is 0 Å². The molecule has 2 aliphatic heterocycles. The highest BCUT2D eigenvalue weighted by molar-refractivity contribution is 6.29. The number of anilines is 1. The number of carbonyl (C=O) groups is 2. The lowest BCUT2D eigenvalue weighted by Gasteiger charge is -2.31. The van der Waals surface area contributed by atoms with Crippen LogP contribution in [0.3, 0.4) is 0 Å². The number of imide groups is 1. The fourth-order valence-corrected chi connectivity index (χ4v) is 4.42. The summed E-state index contributed by atoms with van der Waals surface area (Å²) in [5, 5.41) is 0. The molecular weight excluding hydrogens is 362 g/mol. The zero-order valence-corrected chi connectivity index (χ0v) is 17.0. The molecule has 2 aromatic carbocycles. The van der Waals surface area contributed by atoms with E-state index in [1.165, 1.54) is 11.3 Å². The van der Waals surface area contributed by atoms with Gasteiger partial charge in [-0.3, -0.25) is 19.5 Å². The van der Waals surface area contributed by atoms with Crippen LogP contribution in [0.15, 0.2) is 53.5 Å². The second-order valence-corrected chi connectivity index (χ2v) is 7.82. The highest BCUT2D eigenvalue weighted by Crippen LogP contribution is 2.32. The average Bonchev–Trinajstić information content (AvgIpc) is 3.18. The summed E-state index contributed by atoms with van der Waals surface area (Å²) in [5.74, 6) is -1.04. The third kappa shape index (κ3) is 3.75. The molecule has 5 nitrogen and oxygen atoms in total. The maximum atomic E-state index is 13.4. The first-order chi connectivity index (χ1) is 14.1. The lowest BCUT2D eigenvalue weighted by molar-refractivity contribution is -0.118. The minimum atomic E-state index is -0.541. The Morgan fingerprint density at radius 1 is 1.14 bits per heavy atom. The maximum Gasteiger partial charge on any atom is 0.265 e. The van der Waals surface area contributed by atoms with Crippen LogP contribution in [0.4, 0.5) is 5.69 Å². The number of hydrogen-bond acceptors (Lipinski definition) is 4. The van der Waals surface area contributed by atoms with Crippen LogP contribution in [-0.4, -0.2) is 48.6 Å². The zero-order valence-electron chi connectivity index (χ0n) is 17.0. The molecule has 1 unspecified atom stereocenters. The number of fused-ring (bicyclic) bond motifs is 1. The Balaban J connectivity index is 1.65. The number of benzene rings is 2. The molecule has 29 heavy (non-hydrogen) atoms. The van der Waals surface area contributed by atoms with Crippen LogP contribution < -0.4 is 4.90 Å². The van der Waals surface area contributed by atoms with Gasteiger partial charge in [0.1, 0.15) is 0 Å². The van der Waals surface area contributed by atoms with Crippen molar-refractivity contribution in [3.05, 3.63) is 65.2 Å². The van der Waals surface area contributed by atoms with E-state index in [0.717, 1.165) is 30.6 Å². The second-order valence-electron chi connectivity index (χ2n) is 7.82. The predicted molar refractivity (Wildman–Crippen MR) is 116 cm³/mol. The van der Waals surface area contributed by atoms with Crippen molar-refractivity contribution in [2.24, 2.45) is 4.99 Å². The van der Waals surface area contributed by atoms with Gasteiger partial charge < -0.3 is 0 Å². The Hall–Kier alpha value is -2.79. The van der Waals surface area contributed by atoms with Crippen molar-refractivity contribution in [1.29, 1.82) is 0 Å². The van der Waals surface area contributed by atoms with E-state index in [0.29, 0.717) is 23.8 Å². The van der Waals surface area contributed by atoms with E-state index >= 15 is 0 Å². The minimum Gasteiger partial charge on any atom is -0.299 e. The number of hydrogen-bond donors (Lipinski definition) is 0. The Kier molecular flexibility index (Phi) is 5.58. The van der Waals surface area contributed by atoms with Crippen molar-refractivity contribution in [3.8, 4) is 0 Å². The van der Waals surface area contributed by atoms with Crippen LogP contribution in [0, 0.1) is 6.92 Å². The van der Waals surface area contributed by atoms with Gasteiger partial charge in [0.2, 0.25) is 5.91 Å². The fourth-order valence-electron chi connectivity index (χ4n) is 4.42. The molecule has 2 heterocycles. The molecule has 0 spiro atoms. The molecule has 0 aliphatic carbocycles. The third-order valence-electron chi connectivity index (χ3n) is 5.95. The molecule has 0 N–H and O–H groups in total. The molecule has 4 rings (SSSR count). The Morgan fingerprint density at radius 3 is 2.76 bits per heavy atom. The minimum absolute atomic E-state index is 0.234. The molecule has 2 aliphatic rings. The van der Waals surface area contributed by atoms with E-state index in [-0.39, 0.29) is 11.8 Å². The van der Waals surface area contributed by atoms with Crippen molar-refractivity contribution in [3.63, 3.8) is 0 Å². The molecule has 0 bridgehead atoms. The molecule has 150 valence electrons. The average molecular weight is 389 g/mol. The van der Waals surface area contributed by atoms with Gasteiger partial charge in [0.25, 0.3) is 5.91 Å².